The van der Waals surface area contributed by atoms with Gasteiger partial charge in [-0.1, -0.05) is 0 Å². The zero-order valence-electron chi connectivity index (χ0n) is 13.1. The maximum absolute atomic E-state index is 6.25. The first-order chi connectivity index (χ1) is 7.96. The van der Waals surface area contributed by atoms with Gasteiger partial charge in [-0.3, -0.25) is 0 Å². The lowest BCUT2D eigenvalue weighted by Crippen LogP contribution is -2.56. The van der Waals surface area contributed by atoms with Crippen molar-refractivity contribution in [2.24, 2.45) is 0 Å². The Labute approximate surface area is 120 Å². The second-order valence-electron chi connectivity index (χ2n) is 5.40. The predicted molar refractivity (Wildman–Crippen MR) is 85.9 cm³/mol. The van der Waals surface area contributed by atoms with E-state index in [-0.39, 0.29) is 0 Å². The molecule has 0 saturated carbocycles. The van der Waals surface area contributed by atoms with Crippen LogP contribution in [0, 0.1) is 0 Å². The van der Waals surface area contributed by atoms with Crippen molar-refractivity contribution in [3.8, 4) is 0 Å². The van der Waals surface area contributed by atoms with Crippen LogP contribution in [0.2, 0.25) is 58.9 Å². The molecule has 0 aromatic heterocycles. The first kappa shape index (κ1) is 18.9. The summed E-state index contributed by atoms with van der Waals surface area (Å²) in [5, 5.41) is 0. The Kier molecular flexibility index (Phi) is 8.03. The highest BCUT2D eigenvalue weighted by atomic mass is 28.5. The molecule has 0 atom stereocenters. The van der Waals surface area contributed by atoms with E-state index in [9.17, 15) is 0 Å². The smallest absolute Gasteiger partial charge is 0.436 e. The molecule has 0 aromatic rings. The van der Waals surface area contributed by atoms with E-state index < -0.39 is 44.5 Å². The Morgan fingerprint density at radius 1 is 0.611 bits per heavy atom. The summed E-state index contributed by atoms with van der Waals surface area (Å²) < 4.78 is 24.4. The van der Waals surface area contributed by atoms with Gasteiger partial charge in [0.05, 0.1) is 0 Å². The summed E-state index contributed by atoms with van der Waals surface area (Å²) >= 11 is 0. The Morgan fingerprint density at radius 3 is 1.22 bits per heavy atom. The summed E-state index contributed by atoms with van der Waals surface area (Å²) in [4.78, 5) is 0. The van der Waals surface area contributed by atoms with Gasteiger partial charge < -0.3 is 16.5 Å². The molecule has 0 heterocycles. The van der Waals surface area contributed by atoms with Crippen molar-refractivity contribution in [2.75, 3.05) is 0 Å². The van der Waals surface area contributed by atoms with Gasteiger partial charge in [0.15, 0.2) is 27.1 Å². The molecule has 4 nitrogen and oxygen atoms in total. The SMILES string of the molecule is C[Si](C)O[Si](C)(C)O[Si](C)(O[Si](C)C)O[Si](C)C. The van der Waals surface area contributed by atoms with Crippen LogP contribution in [0.5, 0.6) is 0 Å². The second-order valence-corrected chi connectivity index (χ2v) is 18.6. The van der Waals surface area contributed by atoms with Crippen LogP contribution in [0.3, 0.4) is 0 Å². The Balaban J connectivity index is 4.76. The summed E-state index contributed by atoms with van der Waals surface area (Å²) in [6.45, 7) is 18.9. The largest absolute Gasteiger partial charge is 0.467 e. The van der Waals surface area contributed by atoms with Gasteiger partial charge in [0.1, 0.15) is 0 Å². The van der Waals surface area contributed by atoms with Crippen LogP contribution in [0.25, 0.3) is 0 Å². The number of rotatable bonds is 8. The molecule has 9 heteroatoms. The lowest BCUT2D eigenvalue weighted by Gasteiger charge is -2.37. The van der Waals surface area contributed by atoms with E-state index in [1.54, 1.807) is 0 Å². The molecule has 0 aliphatic carbocycles. The van der Waals surface area contributed by atoms with Gasteiger partial charge in [-0.25, -0.2) is 0 Å². The van der Waals surface area contributed by atoms with E-state index >= 15 is 0 Å². The van der Waals surface area contributed by atoms with E-state index in [1.165, 1.54) is 0 Å². The third-order valence-corrected chi connectivity index (χ3v) is 14.9. The quantitative estimate of drug-likeness (QED) is 0.637. The minimum absolute atomic E-state index is 0.755. The fourth-order valence-electron chi connectivity index (χ4n) is 1.76. The first-order valence-electron chi connectivity index (χ1n) is 6.13. The predicted octanol–water partition coefficient (Wildman–Crippen LogP) is 3.08. The second kappa shape index (κ2) is 7.64. The van der Waals surface area contributed by atoms with Gasteiger partial charge in [-0.15, -0.1) is 0 Å². The minimum Gasteiger partial charge on any atom is -0.436 e. The minimum atomic E-state index is -2.53. The van der Waals surface area contributed by atoms with Gasteiger partial charge in [-0.05, 0) is 52.4 Å². The summed E-state index contributed by atoms with van der Waals surface area (Å²) in [5.41, 5.74) is 0. The maximum Gasteiger partial charge on any atom is 0.467 e. The maximum atomic E-state index is 6.25. The van der Waals surface area contributed by atoms with Crippen LogP contribution in [-0.2, 0) is 16.5 Å². The first-order valence-corrected chi connectivity index (χ1v) is 18.4. The summed E-state index contributed by atoms with van der Waals surface area (Å²) in [6, 6.07) is 0. The standard InChI is InChI=1S/C9H27O4Si5/c1-14(2)10-17(7,8)13-18(9,11-15(3)4)12-16(5)6/h1-9H3. The van der Waals surface area contributed by atoms with E-state index in [0.717, 1.165) is 0 Å². The lowest BCUT2D eigenvalue weighted by atomic mass is 11.9. The fraction of sp³-hybridized carbons (Fsp3) is 1.00. The molecule has 0 rings (SSSR count). The van der Waals surface area contributed by atoms with Crippen molar-refractivity contribution in [3.05, 3.63) is 0 Å². The molecule has 0 aliphatic heterocycles. The van der Waals surface area contributed by atoms with Crippen molar-refractivity contribution in [1.82, 2.24) is 0 Å². The zero-order chi connectivity index (χ0) is 14.6. The van der Waals surface area contributed by atoms with E-state index in [2.05, 4.69) is 52.4 Å². The number of hydrogen-bond acceptors (Lipinski definition) is 4. The molecule has 0 aromatic carbocycles. The van der Waals surface area contributed by atoms with Gasteiger partial charge in [0.25, 0.3) is 0 Å². The molecule has 0 amide bonds. The lowest BCUT2D eigenvalue weighted by molar-refractivity contribution is 0.246. The highest BCUT2D eigenvalue weighted by molar-refractivity contribution is 6.84. The molecule has 0 spiro atoms. The monoisotopic (exact) mass is 339 g/mol. The third kappa shape index (κ3) is 8.93. The van der Waals surface area contributed by atoms with Crippen molar-refractivity contribution in [1.29, 1.82) is 0 Å². The van der Waals surface area contributed by atoms with Gasteiger partial charge in [-0.2, -0.15) is 0 Å². The summed E-state index contributed by atoms with van der Waals surface area (Å²) in [5.74, 6) is 0. The van der Waals surface area contributed by atoms with Gasteiger partial charge >= 0.3 is 17.4 Å². The van der Waals surface area contributed by atoms with Gasteiger partial charge in [0, 0.05) is 6.55 Å². The molecule has 0 unspecified atom stereocenters. The van der Waals surface area contributed by atoms with Crippen molar-refractivity contribution in [2.45, 2.75) is 58.9 Å². The highest BCUT2D eigenvalue weighted by Crippen LogP contribution is 2.20. The summed E-state index contributed by atoms with van der Waals surface area (Å²) in [6.07, 6.45) is 0. The molecular formula is C9H27O4Si5. The molecule has 0 saturated heterocycles. The summed E-state index contributed by atoms with van der Waals surface area (Å²) in [7, 11) is -7.10. The molecule has 0 N–H and O–H groups in total. The van der Waals surface area contributed by atoms with Crippen LogP contribution in [-0.4, -0.2) is 44.5 Å². The van der Waals surface area contributed by atoms with E-state index in [4.69, 9.17) is 16.5 Å². The van der Waals surface area contributed by atoms with Crippen molar-refractivity contribution >= 4 is 44.5 Å². The van der Waals surface area contributed by atoms with E-state index in [1.807, 2.05) is 6.55 Å². The third-order valence-electron chi connectivity index (χ3n) is 1.66. The topological polar surface area (TPSA) is 36.9 Å². The molecule has 18 heavy (non-hydrogen) atoms. The van der Waals surface area contributed by atoms with Crippen LogP contribution in [0.1, 0.15) is 0 Å². The fourth-order valence-corrected chi connectivity index (χ4v) is 17.4. The Hall–Kier alpha value is 0.924. The number of hydrogen-bond donors (Lipinski definition) is 0. The average Bonchev–Trinajstić information content (AvgIpc) is 1.92. The Bertz CT molecular complexity index is 237. The molecule has 0 aliphatic rings. The van der Waals surface area contributed by atoms with Crippen molar-refractivity contribution in [3.63, 3.8) is 0 Å². The van der Waals surface area contributed by atoms with E-state index in [0.29, 0.717) is 0 Å². The molecular weight excluding hydrogens is 313 g/mol. The normalized spacial score (nSPS) is 14.0. The van der Waals surface area contributed by atoms with Gasteiger partial charge in [0.2, 0.25) is 0 Å². The van der Waals surface area contributed by atoms with Crippen LogP contribution in [0.4, 0.5) is 0 Å². The zero-order valence-corrected chi connectivity index (χ0v) is 18.1. The van der Waals surface area contributed by atoms with Crippen LogP contribution >= 0.6 is 0 Å². The van der Waals surface area contributed by atoms with Crippen molar-refractivity contribution < 1.29 is 16.5 Å². The average molecular weight is 340 g/mol. The van der Waals surface area contributed by atoms with Crippen LogP contribution in [0.15, 0.2) is 0 Å². The molecule has 3 radical (unpaired) electrons. The highest BCUT2D eigenvalue weighted by Gasteiger charge is 2.44. The van der Waals surface area contributed by atoms with Crippen LogP contribution < -0.4 is 0 Å². The molecule has 107 valence electrons. The Morgan fingerprint density at radius 2 is 0.944 bits per heavy atom. The molecule has 0 bridgehead atoms. The molecule has 0 fully saturated rings.